The topological polar surface area (TPSA) is 29.5 Å². The van der Waals surface area contributed by atoms with Crippen LogP contribution in [0.2, 0.25) is 0 Å². The molecule has 1 fully saturated rings. The van der Waals surface area contributed by atoms with Crippen LogP contribution in [0.3, 0.4) is 0 Å². The third-order valence-corrected chi connectivity index (χ3v) is 4.73. The molecule has 1 atom stereocenters. The molecule has 2 rings (SSSR count). The molecule has 3 nitrogen and oxygen atoms in total. The number of halogens is 1. The van der Waals surface area contributed by atoms with Gasteiger partial charge in [0.15, 0.2) is 0 Å². The molecule has 4 heteroatoms. The van der Waals surface area contributed by atoms with Crippen LogP contribution in [0, 0.1) is 0 Å². The molecule has 1 unspecified atom stereocenters. The SMILES string of the molecule is CCOC(=O)CC(c1ccccc1Br)N1CCCCCC1. The molecule has 1 heterocycles. The summed E-state index contributed by atoms with van der Waals surface area (Å²) in [6, 6.07) is 8.32. The second kappa shape index (κ2) is 8.54. The van der Waals surface area contributed by atoms with E-state index in [-0.39, 0.29) is 12.0 Å². The van der Waals surface area contributed by atoms with Gasteiger partial charge in [-0.1, -0.05) is 47.0 Å². The van der Waals surface area contributed by atoms with E-state index in [9.17, 15) is 4.79 Å². The van der Waals surface area contributed by atoms with Crippen LogP contribution in [0.5, 0.6) is 0 Å². The molecule has 1 aliphatic heterocycles. The summed E-state index contributed by atoms with van der Waals surface area (Å²) in [5.74, 6) is -0.109. The molecule has 116 valence electrons. The third-order valence-electron chi connectivity index (χ3n) is 4.01. The summed E-state index contributed by atoms with van der Waals surface area (Å²) in [5, 5.41) is 0. The highest BCUT2D eigenvalue weighted by atomic mass is 79.9. The quantitative estimate of drug-likeness (QED) is 0.738. The summed E-state index contributed by atoms with van der Waals surface area (Å²) in [6.45, 7) is 4.43. The van der Waals surface area contributed by atoms with E-state index >= 15 is 0 Å². The van der Waals surface area contributed by atoms with Crippen molar-refractivity contribution in [3.05, 3.63) is 34.3 Å². The molecular weight excluding hydrogens is 330 g/mol. The number of hydrogen-bond donors (Lipinski definition) is 0. The van der Waals surface area contributed by atoms with E-state index in [4.69, 9.17) is 4.74 Å². The van der Waals surface area contributed by atoms with E-state index in [2.05, 4.69) is 26.9 Å². The van der Waals surface area contributed by atoms with Crippen molar-refractivity contribution in [2.45, 2.75) is 45.1 Å². The molecule has 0 aliphatic carbocycles. The van der Waals surface area contributed by atoms with E-state index in [0.29, 0.717) is 13.0 Å². The lowest BCUT2D eigenvalue weighted by Crippen LogP contribution is -2.32. The van der Waals surface area contributed by atoms with Crippen molar-refractivity contribution in [3.8, 4) is 0 Å². The van der Waals surface area contributed by atoms with E-state index in [0.717, 1.165) is 17.6 Å². The van der Waals surface area contributed by atoms with E-state index < -0.39 is 0 Å². The Balaban J connectivity index is 2.20. The maximum atomic E-state index is 12.0. The minimum absolute atomic E-state index is 0.109. The van der Waals surface area contributed by atoms with Gasteiger partial charge in [0.05, 0.1) is 13.0 Å². The van der Waals surface area contributed by atoms with E-state index in [1.54, 1.807) is 0 Å². The largest absolute Gasteiger partial charge is 0.466 e. The molecule has 0 N–H and O–H groups in total. The number of ether oxygens (including phenoxy) is 1. The van der Waals surface area contributed by atoms with Crippen molar-refractivity contribution >= 4 is 21.9 Å². The van der Waals surface area contributed by atoms with Gasteiger partial charge in [-0.2, -0.15) is 0 Å². The van der Waals surface area contributed by atoms with E-state index in [1.807, 2.05) is 25.1 Å². The predicted molar refractivity (Wildman–Crippen MR) is 88.2 cm³/mol. The van der Waals surface area contributed by atoms with Crippen LogP contribution in [0.1, 0.15) is 50.6 Å². The van der Waals surface area contributed by atoms with Crippen molar-refractivity contribution in [2.75, 3.05) is 19.7 Å². The zero-order valence-electron chi connectivity index (χ0n) is 12.7. The van der Waals surface area contributed by atoms with Gasteiger partial charge in [-0.25, -0.2) is 0 Å². The van der Waals surface area contributed by atoms with Gasteiger partial charge in [0, 0.05) is 10.5 Å². The van der Waals surface area contributed by atoms with Crippen molar-refractivity contribution < 1.29 is 9.53 Å². The Morgan fingerprint density at radius 3 is 2.52 bits per heavy atom. The summed E-state index contributed by atoms with van der Waals surface area (Å²) >= 11 is 3.63. The van der Waals surface area contributed by atoms with Crippen molar-refractivity contribution in [3.63, 3.8) is 0 Å². The maximum absolute atomic E-state index is 12.0. The minimum atomic E-state index is -0.109. The highest BCUT2D eigenvalue weighted by Crippen LogP contribution is 2.32. The number of likely N-dealkylation sites (tertiary alicyclic amines) is 1. The molecule has 1 aliphatic rings. The zero-order valence-corrected chi connectivity index (χ0v) is 14.3. The van der Waals surface area contributed by atoms with Gasteiger partial charge in [0.2, 0.25) is 0 Å². The fourth-order valence-electron chi connectivity index (χ4n) is 2.97. The molecule has 0 radical (unpaired) electrons. The summed E-state index contributed by atoms with van der Waals surface area (Å²) in [7, 11) is 0. The summed E-state index contributed by atoms with van der Waals surface area (Å²) in [6.07, 6.45) is 5.43. The predicted octanol–water partition coefficient (Wildman–Crippen LogP) is 4.32. The molecule has 1 saturated heterocycles. The fraction of sp³-hybridized carbons (Fsp3) is 0.588. The first-order valence-electron chi connectivity index (χ1n) is 7.86. The molecule has 0 spiro atoms. The fourth-order valence-corrected chi connectivity index (χ4v) is 3.51. The number of rotatable bonds is 5. The summed E-state index contributed by atoms with van der Waals surface area (Å²) in [4.78, 5) is 14.5. The second-order valence-corrected chi connectivity index (χ2v) is 6.35. The Hall–Kier alpha value is -0.870. The Morgan fingerprint density at radius 1 is 1.24 bits per heavy atom. The Morgan fingerprint density at radius 2 is 1.90 bits per heavy atom. The van der Waals surface area contributed by atoms with Crippen LogP contribution < -0.4 is 0 Å². The zero-order chi connectivity index (χ0) is 15.1. The Labute approximate surface area is 135 Å². The maximum Gasteiger partial charge on any atom is 0.307 e. The van der Waals surface area contributed by atoms with Gasteiger partial charge in [0.1, 0.15) is 0 Å². The van der Waals surface area contributed by atoms with Crippen LogP contribution in [0.4, 0.5) is 0 Å². The molecule has 1 aromatic rings. The van der Waals surface area contributed by atoms with E-state index in [1.165, 1.54) is 31.2 Å². The highest BCUT2D eigenvalue weighted by molar-refractivity contribution is 9.10. The lowest BCUT2D eigenvalue weighted by molar-refractivity contribution is -0.144. The molecule has 21 heavy (non-hydrogen) atoms. The molecule has 0 amide bonds. The normalized spacial score (nSPS) is 18.0. The Bertz CT molecular complexity index is 456. The van der Waals surface area contributed by atoms with Crippen molar-refractivity contribution in [1.29, 1.82) is 0 Å². The molecular formula is C17H24BrNO2. The average molecular weight is 354 g/mol. The highest BCUT2D eigenvalue weighted by Gasteiger charge is 2.26. The summed E-state index contributed by atoms with van der Waals surface area (Å²) in [5.41, 5.74) is 1.19. The third kappa shape index (κ3) is 4.82. The number of hydrogen-bond acceptors (Lipinski definition) is 3. The lowest BCUT2D eigenvalue weighted by atomic mass is 10.0. The number of benzene rings is 1. The standard InChI is InChI=1S/C17H24BrNO2/c1-2-21-17(20)13-16(14-9-5-6-10-15(14)18)19-11-7-3-4-8-12-19/h5-6,9-10,16H,2-4,7-8,11-13H2,1H3. The number of esters is 1. The van der Waals surface area contributed by atoms with Crippen LogP contribution in [0.15, 0.2) is 28.7 Å². The molecule has 1 aromatic carbocycles. The molecule has 0 saturated carbocycles. The lowest BCUT2D eigenvalue weighted by Gasteiger charge is -2.31. The number of carbonyl (C=O) groups is 1. The van der Waals surface area contributed by atoms with Crippen molar-refractivity contribution in [2.24, 2.45) is 0 Å². The molecule has 0 bridgehead atoms. The first kappa shape index (κ1) is 16.5. The van der Waals surface area contributed by atoms with Crippen LogP contribution >= 0.6 is 15.9 Å². The van der Waals surface area contributed by atoms with Crippen LogP contribution in [-0.4, -0.2) is 30.6 Å². The van der Waals surface area contributed by atoms with Crippen LogP contribution in [-0.2, 0) is 9.53 Å². The van der Waals surface area contributed by atoms with Gasteiger partial charge >= 0.3 is 5.97 Å². The molecule has 0 aromatic heterocycles. The monoisotopic (exact) mass is 353 g/mol. The van der Waals surface area contributed by atoms with Crippen molar-refractivity contribution in [1.82, 2.24) is 4.90 Å². The van der Waals surface area contributed by atoms with Gasteiger partial charge in [-0.3, -0.25) is 9.69 Å². The average Bonchev–Trinajstić information content (AvgIpc) is 2.75. The minimum Gasteiger partial charge on any atom is -0.466 e. The smallest absolute Gasteiger partial charge is 0.307 e. The first-order valence-corrected chi connectivity index (χ1v) is 8.65. The van der Waals surface area contributed by atoms with Crippen LogP contribution in [0.25, 0.3) is 0 Å². The van der Waals surface area contributed by atoms with Gasteiger partial charge in [-0.05, 0) is 44.5 Å². The second-order valence-electron chi connectivity index (χ2n) is 5.50. The van der Waals surface area contributed by atoms with Gasteiger partial charge < -0.3 is 4.74 Å². The number of nitrogens with zero attached hydrogens (tertiary/aromatic N) is 1. The Kier molecular flexibility index (Phi) is 6.71. The summed E-state index contributed by atoms with van der Waals surface area (Å²) < 4.78 is 6.25. The van der Waals surface area contributed by atoms with Gasteiger partial charge in [-0.15, -0.1) is 0 Å². The number of carbonyl (C=O) groups excluding carboxylic acids is 1. The van der Waals surface area contributed by atoms with Gasteiger partial charge in [0.25, 0.3) is 0 Å². The first-order chi connectivity index (χ1) is 10.2.